The topological polar surface area (TPSA) is 101 Å². The first-order valence-corrected chi connectivity index (χ1v) is 12.7. The van der Waals surface area contributed by atoms with Crippen molar-refractivity contribution in [3.8, 4) is 11.5 Å². The number of unbranched alkanes of at least 4 members (excludes halogenated alkanes) is 1. The van der Waals surface area contributed by atoms with Gasteiger partial charge in [0.15, 0.2) is 7.91 Å². The molecule has 34 heavy (non-hydrogen) atoms. The fraction of sp³-hybridized carbons (Fsp3) is 0.182. The summed E-state index contributed by atoms with van der Waals surface area (Å²) >= 11 is 12.7. The second-order valence-corrected chi connectivity index (χ2v) is 10.1. The fourth-order valence-electron chi connectivity index (χ4n) is 2.81. The van der Waals surface area contributed by atoms with Crippen molar-refractivity contribution >= 4 is 69.8 Å². The van der Waals surface area contributed by atoms with E-state index in [9.17, 15) is 0 Å². The molecule has 2 aromatic carbocycles. The van der Waals surface area contributed by atoms with E-state index in [0.717, 1.165) is 35.5 Å². The van der Waals surface area contributed by atoms with E-state index in [1.54, 1.807) is 12.4 Å². The molecule has 0 bridgehead atoms. The third kappa shape index (κ3) is 7.22. The highest BCUT2D eigenvalue weighted by atomic mass is 32.2. The monoisotopic (exact) mass is 528 g/mol. The van der Waals surface area contributed by atoms with E-state index in [1.807, 2.05) is 48.5 Å². The Hall–Kier alpha value is -3.06. The van der Waals surface area contributed by atoms with Gasteiger partial charge < -0.3 is 9.47 Å². The number of aromatic amines is 2. The molecule has 0 fully saturated rings. The molecule has 2 heterocycles. The maximum Gasteiger partial charge on any atom is 0.230 e. The molecule has 0 unspecified atom stereocenters. The first kappa shape index (κ1) is 24.1. The number of aromatic nitrogens is 4. The quantitative estimate of drug-likeness (QED) is 0.132. The summed E-state index contributed by atoms with van der Waals surface area (Å²) in [4.78, 5) is 8.71. The molecule has 0 atom stereocenters. The van der Waals surface area contributed by atoms with Gasteiger partial charge >= 0.3 is 0 Å². The Kier molecular flexibility index (Phi) is 8.79. The van der Waals surface area contributed by atoms with Gasteiger partial charge in [-0.05, 0) is 61.5 Å². The number of nitrogens with zero attached hydrogens (tertiary/aromatic N) is 4. The predicted molar refractivity (Wildman–Crippen MR) is 142 cm³/mol. The zero-order valence-electron chi connectivity index (χ0n) is 17.8. The molecular formula is C22H20N6O2S4. The molecule has 0 spiro atoms. The number of ether oxygens (including phenoxy) is 2. The zero-order valence-corrected chi connectivity index (χ0v) is 21.1. The number of H-pyrrole nitrogens is 2. The summed E-state index contributed by atoms with van der Waals surface area (Å²) in [5, 5.41) is 14.7. The summed E-state index contributed by atoms with van der Waals surface area (Å²) in [7, 11) is 0. The lowest BCUT2D eigenvalue weighted by molar-refractivity contribution is 0.266. The molecule has 4 rings (SSSR count). The van der Waals surface area contributed by atoms with E-state index in [1.165, 1.54) is 22.7 Å². The van der Waals surface area contributed by atoms with Crippen molar-refractivity contribution in [2.24, 2.45) is 9.98 Å². The molecule has 0 saturated carbocycles. The highest BCUT2D eigenvalue weighted by Gasteiger charge is 2.04. The highest BCUT2D eigenvalue weighted by Crippen LogP contribution is 2.21. The maximum absolute atomic E-state index is 5.97. The molecule has 0 aliphatic rings. The lowest BCUT2D eigenvalue weighted by atomic mass is 10.2. The van der Waals surface area contributed by atoms with Crippen LogP contribution in [0.2, 0.25) is 0 Å². The summed E-state index contributed by atoms with van der Waals surface area (Å²) < 4.78 is 13.1. The van der Waals surface area contributed by atoms with Crippen molar-refractivity contribution in [3.63, 3.8) is 0 Å². The molecule has 0 saturated heterocycles. The first-order chi connectivity index (χ1) is 16.7. The molecule has 4 aromatic rings. The van der Waals surface area contributed by atoms with E-state index in [0.29, 0.717) is 31.4 Å². The van der Waals surface area contributed by atoms with E-state index in [-0.39, 0.29) is 0 Å². The van der Waals surface area contributed by atoms with Crippen LogP contribution in [0.25, 0.3) is 0 Å². The Morgan fingerprint density at radius 2 is 1.18 bits per heavy atom. The van der Waals surface area contributed by atoms with Crippen molar-refractivity contribution in [2.45, 2.75) is 12.8 Å². The Balaban J connectivity index is 1.24. The molecule has 174 valence electrons. The Labute approximate surface area is 214 Å². The second-order valence-electron chi connectivity index (χ2n) is 6.79. The van der Waals surface area contributed by atoms with Gasteiger partial charge in [0, 0.05) is 23.6 Å². The predicted octanol–water partition coefficient (Wildman–Crippen LogP) is 6.45. The smallest absolute Gasteiger partial charge is 0.230 e. The Morgan fingerprint density at radius 1 is 0.735 bits per heavy atom. The number of hydrogen-bond acceptors (Lipinski definition) is 10. The van der Waals surface area contributed by atoms with E-state index in [4.69, 9.17) is 33.9 Å². The number of hydrogen-bond donors (Lipinski definition) is 2. The molecule has 2 aromatic heterocycles. The van der Waals surface area contributed by atoms with Gasteiger partial charge in [0.25, 0.3) is 0 Å². The van der Waals surface area contributed by atoms with Gasteiger partial charge in [0.1, 0.15) is 11.5 Å². The standard InChI is InChI=1S/C22H20N6O2S4/c31-21-27-25-19(33-21)23-13-15-7-1-3-9-17(15)29-11-5-6-12-30-18-10-4-2-8-16(18)14-24-20-26-28-22(32)34-20/h1-4,7-10,13-14H,5-6,11-12H2,(H,27,31)(H,28,32)/b23-13+,24-14+. The van der Waals surface area contributed by atoms with E-state index < -0.39 is 0 Å². The van der Waals surface area contributed by atoms with Crippen LogP contribution in [0.4, 0.5) is 10.3 Å². The molecule has 0 aliphatic carbocycles. The summed E-state index contributed by atoms with van der Waals surface area (Å²) in [6.45, 7) is 1.14. The van der Waals surface area contributed by atoms with Crippen molar-refractivity contribution in [1.29, 1.82) is 0 Å². The molecule has 0 aliphatic heterocycles. The average Bonchev–Trinajstić information content (AvgIpc) is 3.47. The normalized spacial score (nSPS) is 11.4. The number of nitrogens with one attached hydrogen (secondary N) is 2. The minimum atomic E-state index is 0.572. The van der Waals surface area contributed by atoms with Gasteiger partial charge in [0.05, 0.1) is 13.2 Å². The van der Waals surface area contributed by atoms with Crippen LogP contribution in [0, 0.1) is 7.91 Å². The zero-order chi connectivity index (χ0) is 23.6. The van der Waals surface area contributed by atoms with Crippen molar-refractivity contribution in [3.05, 3.63) is 67.6 Å². The SMILES string of the molecule is S=c1[nH]nc(/N=C/c2ccccc2OCCCCOc2ccccc2/C=N/c2n[nH]c(=S)s2)s1. The number of rotatable bonds is 11. The largest absolute Gasteiger partial charge is 0.493 e. The van der Waals surface area contributed by atoms with E-state index in [2.05, 4.69) is 30.4 Å². The molecule has 0 radical (unpaired) electrons. The van der Waals surface area contributed by atoms with Gasteiger partial charge in [-0.1, -0.05) is 46.9 Å². The van der Waals surface area contributed by atoms with Crippen molar-refractivity contribution in [2.75, 3.05) is 13.2 Å². The second kappa shape index (κ2) is 12.4. The van der Waals surface area contributed by atoms with Crippen molar-refractivity contribution < 1.29 is 9.47 Å². The minimum absolute atomic E-state index is 0.572. The van der Waals surface area contributed by atoms with Crippen LogP contribution >= 0.6 is 47.1 Å². The van der Waals surface area contributed by atoms with Crippen LogP contribution in [0.15, 0.2) is 58.5 Å². The fourth-order valence-corrected chi connectivity index (χ4v) is 4.26. The molecule has 8 nitrogen and oxygen atoms in total. The Bertz CT molecular complexity index is 1280. The maximum atomic E-state index is 5.97. The van der Waals surface area contributed by atoms with Crippen LogP contribution in [0.5, 0.6) is 11.5 Å². The molecule has 2 N–H and O–H groups in total. The number of para-hydroxylation sites is 2. The van der Waals surface area contributed by atoms with Crippen LogP contribution in [0.1, 0.15) is 24.0 Å². The third-order valence-corrected chi connectivity index (χ3v) is 6.37. The lowest BCUT2D eigenvalue weighted by Crippen LogP contribution is -2.04. The molecule has 0 amide bonds. The summed E-state index contributed by atoms with van der Waals surface area (Å²) in [5.41, 5.74) is 1.77. The molecule has 12 heteroatoms. The first-order valence-electron chi connectivity index (χ1n) is 10.3. The van der Waals surface area contributed by atoms with Crippen LogP contribution in [0.3, 0.4) is 0 Å². The summed E-state index contributed by atoms with van der Waals surface area (Å²) in [6, 6.07) is 15.5. The number of benzene rings is 2. The van der Waals surface area contributed by atoms with Gasteiger partial charge in [0.2, 0.25) is 10.3 Å². The van der Waals surface area contributed by atoms with Gasteiger partial charge in [-0.25, -0.2) is 9.98 Å². The number of aliphatic imine (C=N–C) groups is 2. The van der Waals surface area contributed by atoms with Crippen LogP contribution in [-0.4, -0.2) is 46.0 Å². The summed E-state index contributed by atoms with van der Waals surface area (Å²) in [5.74, 6) is 1.55. The average molecular weight is 529 g/mol. The van der Waals surface area contributed by atoms with E-state index >= 15 is 0 Å². The Morgan fingerprint density at radius 3 is 1.59 bits per heavy atom. The van der Waals surface area contributed by atoms with Crippen LogP contribution < -0.4 is 9.47 Å². The third-order valence-electron chi connectivity index (χ3n) is 4.37. The van der Waals surface area contributed by atoms with Crippen LogP contribution in [-0.2, 0) is 0 Å². The minimum Gasteiger partial charge on any atom is -0.493 e. The highest BCUT2D eigenvalue weighted by molar-refractivity contribution is 7.73. The molecular weight excluding hydrogens is 509 g/mol. The van der Waals surface area contributed by atoms with Gasteiger partial charge in [-0.2, -0.15) is 0 Å². The van der Waals surface area contributed by atoms with Crippen molar-refractivity contribution in [1.82, 2.24) is 20.4 Å². The summed E-state index contributed by atoms with van der Waals surface area (Å²) in [6.07, 6.45) is 5.16. The van der Waals surface area contributed by atoms with Gasteiger partial charge in [-0.15, -0.1) is 10.2 Å². The lowest BCUT2D eigenvalue weighted by Gasteiger charge is -2.10. The van der Waals surface area contributed by atoms with Gasteiger partial charge in [-0.3, -0.25) is 10.2 Å².